The second-order valence-electron chi connectivity index (χ2n) is 25.8. The normalized spacial score (nSPS) is 13.5. The van der Waals surface area contributed by atoms with Crippen LogP contribution in [0, 0.1) is 0 Å². The van der Waals surface area contributed by atoms with Gasteiger partial charge in [-0.2, -0.15) is 0 Å². The first-order chi connectivity index (χ1) is 44.6. The summed E-state index contributed by atoms with van der Waals surface area (Å²) in [5.74, 6) is -2.05. The molecule has 9 nitrogen and oxygen atoms in total. The molecule has 0 bridgehead atoms. The number of carboxylic acids is 1. The number of hydrogen-bond acceptors (Lipinski definition) is 7. The van der Waals surface area contributed by atoms with Crippen molar-refractivity contribution in [3.8, 4) is 0 Å². The van der Waals surface area contributed by atoms with Gasteiger partial charge >= 0.3 is 17.9 Å². The van der Waals surface area contributed by atoms with Crippen molar-refractivity contribution in [3.63, 3.8) is 0 Å². The molecule has 0 aromatic heterocycles. The largest absolute Gasteiger partial charge is 0.477 e. The molecule has 0 aromatic carbocycles. The Balaban J connectivity index is 4.03. The lowest BCUT2D eigenvalue weighted by Gasteiger charge is -2.25. The van der Waals surface area contributed by atoms with Crippen LogP contribution in [0.25, 0.3) is 0 Å². The smallest absolute Gasteiger partial charge is 0.361 e. The summed E-state index contributed by atoms with van der Waals surface area (Å²) in [6.07, 6.45) is 100. The van der Waals surface area contributed by atoms with Crippen LogP contribution in [0.2, 0.25) is 0 Å². The molecule has 9 heteroatoms. The molecule has 0 rings (SSSR count). The third-order valence-electron chi connectivity index (χ3n) is 15.9. The average molecular weight is 1270 g/mol. The summed E-state index contributed by atoms with van der Waals surface area (Å²) in [5, 5.41) is 9.75. The van der Waals surface area contributed by atoms with Gasteiger partial charge in [0.15, 0.2) is 6.10 Å². The number of nitrogens with zero attached hydrogens (tertiary/aromatic N) is 1. The third kappa shape index (κ3) is 72.7. The van der Waals surface area contributed by atoms with Gasteiger partial charge in [0.25, 0.3) is 6.29 Å². The second-order valence-corrected chi connectivity index (χ2v) is 25.8. The van der Waals surface area contributed by atoms with Crippen molar-refractivity contribution in [1.82, 2.24) is 0 Å². The zero-order chi connectivity index (χ0) is 66.1. The van der Waals surface area contributed by atoms with Crippen molar-refractivity contribution < 1.29 is 42.9 Å². The molecule has 0 fully saturated rings. The van der Waals surface area contributed by atoms with Crippen LogP contribution in [0.15, 0.2) is 134 Å². The van der Waals surface area contributed by atoms with Gasteiger partial charge in [0.05, 0.1) is 34.4 Å². The summed E-state index contributed by atoms with van der Waals surface area (Å²) in [5.41, 5.74) is 0. The minimum atomic E-state index is -1.53. The number of likely N-dealkylation sites (N-methyl/N-ethyl adjacent to an activating group) is 1. The van der Waals surface area contributed by atoms with Gasteiger partial charge in [0.1, 0.15) is 13.2 Å². The van der Waals surface area contributed by atoms with Gasteiger partial charge in [0, 0.05) is 12.8 Å². The van der Waals surface area contributed by atoms with E-state index in [1.807, 2.05) is 21.1 Å². The SMILES string of the molecule is CC/C=C\C/C=C\C/C=C\C/C=C\C/C=C\C/C=C\C/C=C\CCCCCC(=O)OC(COC(=O)CCCCCCCCCCCCCCCCCCCCCCCCCCCCCC/C=C\C/C=C\C/C=C\C/C=C\CC)COC(OCC[N+](C)(C)C)C(=O)O. The van der Waals surface area contributed by atoms with Crippen molar-refractivity contribution in [2.24, 2.45) is 0 Å². The lowest BCUT2D eigenvalue weighted by molar-refractivity contribution is -0.870. The summed E-state index contributed by atoms with van der Waals surface area (Å²) in [4.78, 5) is 37.6. The Labute approximate surface area is 560 Å². The number of esters is 2. The molecule has 91 heavy (non-hydrogen) atoms. The molecule has 1 N–H and O–H groups in total. The zero-order valence-electron chi connectivity index (χ0n) is 59.5. The average Bonchev–Trinajstić information content (AvgIpc) is 3.46. The zero-order valence-corrected chi connectivity index (χ0v) is 59.5. The molecular formula is C82H140NO8+. The second kappa shape index (κ2) is 71.3. The minimum absolute atomic E-state index is 0.176. The third-order valence-corrected chi connectivity index (χ3v) is 15.9. The summed E-state index contributed by atoms with van der Waals surface area (Å²) in [7, 11) is 5.96. The van der Waals surface area contributed by atoms with Crippen LogP contribution in [0.4, 0.5) is 0 Å². The van der Waals surface area contributed by atoms with Crippen LogP contribution in [-0.2, 0) is 33.3 Å². The van der Waals surface area contributed by atoms with E-state index in [0.717, 1.165) is 109 Å². The lowest BCUT2D eigenvalue weighted by Crippen LogP contribution is -2.40. The van der Waals surface area contributed by atoms with Crippen molar-refractivity contribution in [2.45, 2.75) is 322 Å². The molecule has 0 saturated heterocycles. The molecule has 0 saturated carbocycles. The predicted octanol–water partition coefficient (Wildman–Crippen LogP) is 23.7. The molecule has 0 aliphatic heterocycles. The van der Waals surface area contributed by atoms with Crippen molar-refractivity contribution in [3.05, 3.63) is 134 Å². The number of hydrogen-bond donors (Lipinski definition) is 1. The van der Waals surface area contributed by atoms with E-state index in [1.54, 1.807) is 0 Å². The van der Waals surface area contributed by atoms with E-state index in [9.17, 15) is 19.5 Å². The van der Waals surface area contributed by atoms with E-state index in [-0.39, 0.29) is 32.2 Å². The first-order valence-corrected chi connectivity index (χ1v) is 37.3. The number of carbonyl (C=O) groups is 3. The van der Waals surface area contributed by atoms with Crippen molar-refractivity contribution >= 4 is 17.9 Å². The van der Waals surface area contributed by atoms with Gasteiger partial charge in [0.2, 0.25) is 0 Å². The number of quaternary nitrogens is 1. The standard InChI is InChI=1S/C82H139NO8/c1-6-8-10-12-14-16-18-20-22-24-26-28-30-32-33-34-35-36-37-38-39-40-41-42-43-44-45-46-47-49-50-52-54-56-58-60-62-64-66-68-70-72-79(84)89-76-78(77-90-82(81(86)87)88-75-74-83(3,4)5)91-80(85)73-71-69-67-65-63-61-59-57-55-53-51-48-31-29-27-25-23-21-19-17-15-13-11-9-7-2/h8-11,14-17,20-23,26-29,48,51,55,57,61,63,78,82H,6-7,12-13,18-19,24-25,30-47,49-50,52-54,56,58-60,62,64-77H2,1-5H3/p+1/b10-8-,11-9-,16-14-,17-15-,22-20-,23-21-,28-26-,29-27-,51-48-,57-55-,63-61-. The van der Waals surface area contributed by atoms with Crippen molar-refractivity contribution in [1.29, 1.82) is 0 Å². The molecule has 0 aliphatic rings. The summed E-state index contributed by atoms with van der Waals surface area (Å²) >= 11 is 0. The maximum atomic E-state index is 12.9. The van der Waals surface area contributed by atoms with Crippen LogP contribution >= 0.6 is 0 Å². The molecule has 2 atom stereocenters. The first-order valence-electron chi connectivity index (χ1n) is 37.3. The molecule has 0 heterocycles. The van der Waals surface area contributed by atoms with Gasteiger partial charge in [-0.25, -0.2) is 4.79 Å². The number of carboxylic acid groups (broad SMARTS) is 1. The highest BCUT2D eigenvalue weighted by atomic mass is 16.7. The molecule has 0 aliphatic carbocycles. The van der Waals surface area contributed by atoms with Crippen molar-refractivity contribution in [2.75, 3.05) is 47.5 Å². The number of rotatable bonds is 68. The van der Waals surface area contributed by atoms with E-state index < -0.39 is 24.3 Å². The quantitative estimate of drug-likeness (QED) is 0.0211. The Morgan fingerprint density at radius 3 is 0.890 bits per heavy atom. The topological polar surface area (TPSA) is 108 Å². The van der Waals surface area contributed by atoms with E-state index in [0.29, 0.717) is 23.9 Å². The summed E-state index contributed by atoms with van der Waals surface area (Å²) in [6.45, 7) is 4.63. The highest BCUT2D eigenvalue weighted by molar-refractivity contribution is 5.71. The van der Waals surface area contributed by atoms with E-state index >= 15 is 0 Å². The number of ether oxygens (including phenoxy) is 4. The maximum Gasteiger partial charge on any atom is 0.361 e. The van der Waals surface area contributed by atoms with Crippen LogP contribution in [0.1, 0.15) is 309 Å². The predicted molar refractivity (Wildman–Crippen MR) is 391 cm³/mol. The fourth-order valence-corrected chi connectivity index (χ4v) is 10.3. The molecule has 2 unspecified atom stereocenters. The van der Waals surface area contributed by atoms with Gasteiger partial charge < -0.3 is 28.5 Å². The Hall–Kier alpha value is -4.57. The summed E-state index contributed by atoms with van der Waals surface area (Å²) < 4.78 is 22.9. The van der Waals surface area contributed by atoms with Crippen LogP contribution < -0.4 is 0 Å². The van der Waals surface area contributed by atoms with E-state index in [4.69, 9.17) is 18.9 Å². The molecule has 0 aromatic rings. The highest BCUT2D eigenvalue weighted by Gasteiger charge is 2.25. The fourth-order valence-electron chi connectivity index (χ4n) is 10.3. The Morgan fingerprint density at radius 1 is 0.330 bits per heavy atom. The Bertz CT molecular complexity index is 1960. The van der Waals surface area contributed by atoms with E-state index in [2.05, 4.69) is 148 Å². The van der Waals surface area contributed by atoms with Gasteiger partial charge in [-0.1, -0.05) is 321 Å². The summed E-state index contributed by atoms with van der Waals surface area (Å²) in [6, 6.07) is 0. The molecule has 0 radical (unpaired) electrons. The fraction of sp³-hybridized carbons (Fsp3) is 0.695. The number of unbranched alkanes of at least 4 members (excludes halogenated alkanes) is 31. The lowest BCUT2D eigenvalue weighted by atomic mass is 10.0. The molecule has 0 spiro atoms. The number of carbonyl (C=O) groups excluding carboxylic acids is 2. The Kier molecular flexibility index (Phi) is 67.7. The molecular weight excluding hydrogens is 1130 g/mol. The molecule has 520 valence electrons. The number of allylic oxidation sites excluding steroid dienone is 22. The monoisotopic (exact) mass is 1270 g/mol. The van der Waals surface area contributed by atoms with Gasteiger partial charge in [-0.05, 0) is 109 Å². The number of aliphatic carboxylic acids is 1. The van der Waals surface area contributed by atoms with Gasteiger partial charge in [-0.15, -0.1) is 0 Å². The Morgan fingerprint density at radius 2 is 0.593 bits per heavy atom. The van der Waals surface area contributed by atoms with Gasteiger partial charge in [-0.3, -0.25) is 9.59 Å². The van der Waals surface area contributed by atoms with Crippen LogP contribution in [0.3, 0.4) is 0 Å². The van der Waals surface area contributed by atoms with E-state index in [1.165, 1.54) is 167 Å². The maximum absolute atomic E-state index is 12.9. The highest BCUT2D eigenvalue weighted by Crippen LogP contribution is 2.18. The first kappa shape index (κ1) is 86.4. The van der Waals surface area contributed by atoms with Crippen LogP contribution in [0.5, 0.6) is 0 Å². The van der Waals surface area contributed by atoms with Crippen LogP contribution in [-0.4, -0.2) is 87.4 Å². The molecule has 0 amide bonds. The minimum Gasteiger partial charge on any atom is -0.477 e.